The lowest BCUT2D eigenvalue weighted by Crippen LogP contribution is -2.03. The summed E-state index contributed by atoms with van der Waals surface area (Å²) in [6.07, 6.45) is 0. The van der Waals surface area contributed by atoms with Crippen LogP contribution >= 0.6 is 11.8 Å². The molecule has 0 fully saturated rings. The van der Waals surface area contributed by atoms with Crippen molar-refractivity contribution in [3.63, 3.8) is 0 Å². The number of anilines is 2. The maximum Gasteiger partial charge on any atom is 0.283 e. The van der Waals surface area contributed by atoms with Crippen LogP contribution in [0.15, 0.2) is 86.8 Å². The van der Waals surface area contributed by atoms with Gasteiger partial charge < -0.3 is 14.2 Å². The summed E-state index contributed by atoms with van der Waals surface area (Å²) in [6, 6.07) is 23.5. The molecule has 154 valence electrons. The number of nitrogens with zero attached hydrogens (tertiary/aromatic N) is 5. The maximum atomic E-state index is 5.74. The minimum absolute atomic E-state index is 0.361. The summed E-state index contributed by atoms with van der Waals surface area (Å²) >= 11 is 1.46. The van der Waals surface area contributed by atoms with E-state index in [1.54, 1.807) is 0 Å². The molecule has 0 unspecified atom stereocenters. The fraction of sp³-hybridized carbons (Fsp3) is 0.0909. The number of aryl methyl sites for hydroxylation is 1. The number of aromatic nitrogens is 5. The van der Waals surface area contributed by atoms with E-state index in [4.69, 9.17) is 8.83 Å². The maximum absolute atomic E-state index is 5.74. The van der Waals surface area contributed by atoms with E-state index < -0.39 is 0 Å². The molecule has 0 saturated heterocycles. The van der Waals surface area contributed by atoms with Gasteiger partial charge in [-0.2, -0.15) is 0 Å². The molecule has 0 aliphatic heterocycles. The van der Waals surface area contributed by atoms with Crippen LogP contribution in [0.3, 0.4) is 0 Å². The molecule has 9 heteroatoms. The Labute approximate surface area is 182 Å². The van der Waals surface area contributed by atoms with E-state index in [1.807, 2.05) is 84.3 Å². The molecule has 3 heterocycles. The normalized spacial score (nSPS) is 11.0. The highest BCUT2D eigenvalue weighted by Crippen LogP contribution is 2.29. The average molecular weight is 430 g/mol. The molecule has 1 N–H and O–H groups in total. The molecule has 31 heavy (non-hydrogen) atoms. The van der Waals surface area contributed by atoms with Gasteiger partial charge >= 0.3 is 0 Å². The van der Waals surface area contributed by atoms with E-state index in [0.717, 1.165) is 17.1 Å². The summed E-state index contributed by atoms with van der Waals surface area (Å²) in [5, 5.41) is 21.0. The van der Waals surface area contributed by atoms with Crippen LogP contribution in [0, 0.1) is 6.92 Å². The van der Waals surface area contributed by atoms with Crippen LogP contribution < -0.4 is 5.32 Å². The van der Waals surface area contributed by atoms with E-state index in [9.17, 15) is 0 Å². The number of para-hydroxylation sites is 2. The van der Waals surface area contributed by atoms with Crippen LogP contribution in [-0.4, -0.2) is 25.0 Å². The third-order valence-electron chi connectivity index (χ3n) is 4.42. The molecular weight excluding hydrogens is 412 g/mol. The fourth-order valence-corrected chi connectivity index (χ4v) is 3.78. The van der Waals surface area contributed by atoms with E-state index >= 15 is 0 Å². The molecule has 8 nitrogen and oxygen atoms in total. The molecular formula is C22H18N6O2S. The Kier molecular flexibility index (Phi) is 5.24. The van der Waals surface area contributed by atoms with Crippen molar-refractivity contribution in [1.82, 2.24) is 25.0 Å². The van der Waals surface area contributed by atoms with Gasteiger partial charge in [0.15, 0.2) is 10.9 Å². The molecule has 0 saturated carbocycles. The molecule has 5 rings (SSSR count). The van der Waals surface area contributed by atoms with Crippen molar-refractivity contribution in [2.75, 3.05) is 5.32 Å². The van der Waals surface area contributed by atoms with Gasteiger partial charge in [-0.1, -0.05) is 48.2 Å². The lowest BCUT2D eigenvalue weighted by molar-refractivity contribution is 0.484. The predicted octanol–water partition coefficient (Wildman–Crippen LogP) is 5.25. The fourth-order valence-electron chi connectivity index (χ4n) is 2.99. The van der Waals surface area contributed by atoms with Crippen molar-refractivity contribution in [2.45, 2.75) is 17.8 Å². The summed E-state index contributed by atoms with van der Waals surface area (Å²) in [5.41, 5.74) is 1.88. The Bertz CT molecular complexity index is 1280. The van der Waals surface area contributed by atoms with Crippen LogP contribution in [0.25, 0.3) is 17.3 Å². The summed E-state index contributed by atoms with van der Waals surface area (Å²) in [5.74, 6) is 3.26. The summed E-state index contributed by atoms with van der Waals surface area (Å²) in [7, 11) is 0. The van der Waals surface area contributed by atoms with Crippen molar-refractivity contribution >= 4 is 23.4 Å². The molecule has 2 aromatic carbocycles. The van der Waals surface area contributed by atoms with Crippen LogP contribution in [0.4, 0.5) is 11.6 Å². The Morgan fingerprint density at radius 3 is 2.35 bits per heavy atom. The molecule has 0 amide bonds. The number of furan rings is 1. The molecule has 3 aromatic heterocycles. The summed E-state index contributed by atoms with van der Waals surface area (Å²) in [6.45, 7) is 1.87. The molecule has 0 atom stereocenters. The number of hydrogen-bond donors (Lipinski definition) is 1. The van der Waals surface area contributed by atoms with Crippen molar-refractivity contribution in [3.8, 4) is 17.3 Å². The smallest absolute Gasteiger partial charge is 0.283 e. The monoisotopic (exact) mass is 430 g/mol. The van der Waals surface area contributed by atoms with E-state index in [2.05, 4.69) is 25.7 Å². The highest BCUT2D eigenvalue weighted by atomic mass is 32.2. The van der Waals surface area contributed by atoms with Gasteiger partial charge in [-0.25, -0.2) is 0 Å². The minimum Gasteiger partial charge on any atom is -0.456 e. The zero-order valence-corrected chi connectivity index (χ0v) is 17.4. The van der Waals surface area contributed by atoms with Gasteiger partial charge in [-0.05, 0) is 43.3 Å². The zero-order valence-electron chi connectivity index (χ0n) is 16.6. The van der Waals surface area contributed by atoms with Crippen LogP contribution in [-0.2, 0) is 5.75 Å². The SMILES string of the molecule is Cc1ccc(-c2nnc(CSc3nnc(Nc4ccccc4)n3-c3ccccc3)o2)o1. The van der Waals surface area contributed by atoms with Crippen molar-refractivity contribution < 1.29 is 8.83 Å². The Hall–Kier alpha value is -3.85. The molecule has 0 radical (unpaired) electrons. The van der Waals surface area contributed by atoms with Crippen LogP contribution in [0.2, 0.25) is 0 Å². The zero-order chi connectivity index (χ0) is 21.0. The number of nitrogens with one attached hydrogen (secondary N) is 1. The third-order valence-corrected chi connectivity index (χ3v) is 5.33. The topological polar surface area (TPSA) is 94.8 Å². The molecule has 0 bridgehead atoms. The minimum atomic E-state index is 0.361. The van der Waals surface area contributed by atoms with E-state index in [1.165, 1.54) is 11.8 Å². The second-order valence-electron chi connectivity index (χ2n) is 6.67. The number of rotatable bonds is 7. The average Bonchev–Trinajstić information content (AvgIpc) is 3.53. The summed E-state index contributed by atoms with van der Waals surface area (Å²) in [4.78, 5) is 0. The lowest BCUT2D eigenvalue weighted by atomic mass is 10.3. The van der Waals surface area contributed by atoms with Gasteiger partial charge in [0.05, 0.1) is 11.4 Å². The van der Waals surface area contributed by atoms with Gasteiger partial charge in [0.1, 0.15) is 5.76 Å². The first-order valence-electron chi connectivity index (χ1n) is 9.61. The number of benzene rings is 2. The second kappa shape index (κ2) is 8.49. The third kappa shape index (κ3) is 4.22. The molecule has 0 spiro atoms. The lowest BCUT2D eigenvalue weighted by Gasteiger charge is -2.11. The largest absolute Gasteiger partial charge is 0.456 e. The van der Waals surface area contributed by atoms with Crippen molar-refractivity contribution in [1.29, 1.82) is 0 Å². The Morgan fingerprint density at radius 1 is 0.839 bits per heavy atom. The van der Waals surface area contributed by atoms with Crippen LogP contribution in [0.5, 0.6) is 0 Å². The standard InChI is InChI=1S/C22H18N6O2S/c1-15-12-13-18(29-15)20-25-24-19(30-20)14-31-22-27-26-21(23-16-8-4-2-5-9-16)28(22)17-10-6-3-7-11-17/h2-13H,14H2,1H3,(H,23,26). The highest BCUT2D eigenvalue weighted by Gasteiger charge is 2.17. The summed E-state index contributed by atoms with van der Waals surface area (Å²) < 4.78 is 13.3. The highest BCUT2D eigenvalue weighted by molar-refractivity contribution is 7.98. The number of hydrogen-bond acceptors (Lipinski definition) is 8. The van der Waals surface area contributed by atoms with Gasteiger partial charge in [0.25, 0.3) is 5.89 Å². The van der Waals surface area contributed by atoms with Gasteiger partial charge in [-0.15, -0.1) is 20.4 Å². The van der Waals surface area contributed by atoms with Gasteiger partial charge in [0.2, 0.25) is 11.8 Å². The van der Waals surface area contributed by atoms with Crippen LogP contribution in [0.1, 0.15) is 11.7 Å². The first-order chi connectivity index (χ1) is 15.3. The molecule has 0 aliphatic rings. The van der Waals surface area contributed by atoms with E-state index in [0.29, 0.717) is 34.4 Å². The number of thioether (sulfide) groups is 1. The first kappa shape index (κ1) is 19.1. The molecule has 0 aliphatic carbocycles. The Balaban J connectivity index is 1.39. The van der Waals surface area contributed by atoms with Gasteiger partial charge in [0, 0.05) is 5.69 Å². The quantitative estimate of drug-likeness (QED) is 0.350. The second-order valence-corrected chi connectivity index (χ2v) is 7.61. The molecule has 5 aromatic rings. The predicted molar refractivity (Wildman–Crippen MR) is 117 cm³/mol. The van der Waals surface area contributed by atoms with Gasteiger partial charge in [-0.3, -0.25) is 4.57 Å². The van der Waals surface area contributed by atoms with Crippen molar-refractivity contribution in [2.24, 2.45) is 0 Å². The first-order valence-corrected chi connectivity index (χ1v) is 10.6. The van der Waals surface area contributed by atoms with Crippen molar-refractivity contribution in [3.05, 3.63) is 84.4 Å². The van der Waals surface area contributed by atoms with E-state index in [-0.39, 0.29) is 0 Å². The Morgan fingerprint density at radius 2 is 1.61 bits per heavy atom.